The van der Waals surface area contributed by atoms with Gasteiger partial charge in [0.25, 0.3) is 0 Å². The van der Waals surface area contributed by atoms with Crippen molar-refractivity contribution >= 4 is 12.1 Å². The summed E-state index contributed by atoms with van der Waals surface area (Å²) in [6.07, 6.45) is 0.666. The average Bonchev–Trinajstić information content (AvgIpc) is 2.55. The minimum atomic E-state index is -0.487. The van der Waals surface area contributed by atoms with Gasteiger partial charge in [-0.2, -0.15) is 0 Å². The topological polar surface area (TPSA) is 92.4 Å². The summed E-state index contributed by atoms with van der Waals surface area (Å²) in [6.45, 7) is 14.5. The first-order valence-corrected chi connectivity index (χ1v) is 9.13. The number of carbonyl (C=O) groups is 1. The molecule has 1 aliphatic heterocycles. The second kappa shape index (κ2) is 11.1. The molecule has 146 valence electrons. The molecule has 8 nitrogen and oxygen atoms in total. The second-order valence-electron chi connectivity index (χ2n) is 7.06. The minimum absolute atomic E-state index is 0.308. The Kier molecular flexibility index (Phi) is 9.59. The van der Waals surface area contributed by atoms with Gasteiger partial charge in [-0.3, -0.25) is 9.89 Å². The number of amides is 1. The molecule has 0 radical (unpaired) electrons. The first kappa shape index (κ1) is 21.5. The summed E-state index contributed by atoms with van der Waals surface area (Å²) in [7, 11) is 0. The SMILES string of the molecule is CCN(CCNC(N)=NCCCN1CCOCC1)C(=O)OC(C)(C)C. The van der Waals surface area contributed by atoms with Crippen LogP contribution in [0, 0.1) is 0 Å². The Morgan fingerprint density at radius 1 is 1.36 bits per heavy atom. The first-order chi connectivity index (χ1) is 11.8. The van der Waals surface area contributed by atoms with Crippen molar-refractivity contribution in [1.29, 1.82) is 0 Å². The summed E-state index contributed by atoms with van der Waals surface area (Å²) in [5.74, 6) is 0.419. The monoisotopic (exact) mass is 357 g/mol. The molecule has 0 spiro atoms. The Bertz CT molecular complexity index is 417. The van der Waals surface area contributed by atoms with E-state index in [0.29, 0.717) is 32.1 Å². The van der Waals surface area contributed by atoms with Crippen molar-refractivity contribution in [1.82, 2.24) is 15.1 Å². The van der Waals surface area contributed by atoms with Gasteiger partial charge in [-0.1, -0.05) is 0 Å². The van der Waals surface area contributed by atoms with E-state index in [-0.39, 0.29) is 6.09 Å². The lowest BCUT2D eigenvalue weighted by molar-refractivity contribution is 0.0264. The van der Waals surface area contributed by atoms with Crippen LogP contribution < -0.4 is 11.1 Å². The Balaban J connectivity index is 2.18. The highest BCUT2D eigenvalue weighted by molar-refractivity contribution is 5.77. The Morgan fingerprint density at radius 3 is 2.64 bits per heavy atom. The number of guanidine groups is 1. The van der Waals surface area contributed by atoms with E-state index in [2.05, 4.69) is 15.2 Å². The fraction of sp³-hybridized carbons (Fsp3) is 0.882. The van der Waals surface area contributed by atoms with Gasteiger partial charge in [0, 0.05) is 45.8 Å². The molecule has 1 saturated heterocycles. The van der Waals surface area contributed by atoms with E-state index in [1.165, 1.54) is 0 Å². The normalized spacial score (nSPS) is 16.6. The highest BCUT2D eigenvalue weighted by Crippen LogP contribution is 2.09. The van der Waals surface area contributed by atoms with Crippen LogP contribution in [0.5, 0.6) is 0 Å². The van der Waals surface area contributed by atoms with Crippen LogP contribution in [-0.4, -0.2) is 86.5 Å². The minimum Gasteiger partial charge on any atom is -0.444 e. The molecule has 1 fully saturated rings. The summed E-state index contributed by atoms with van der Waals surface area (Å²) in [5, 5.41) is 3.05. The maximum absolute atomic E-state index is 12.0. The largest absolute Gasteiger partial charge is 0.444 e. The van der Waals surface area contributed by atoms with E-state index in [1.54, 1.807) is 4.90 Å². The number of aliphatic imine (C=N–C) groups is 1. The molecule has 8 heteroatoms. The Labute approximate surface area is 151 Å². The number of likely N-dealkylation sites (N-methyl/N-ethyl adjacent to an activating group) is 1. The number of nitrogens with two attached hydrogens (primary N) is 1. The van der Waals surface area contributed by atoms with Crippen LogP contribution in [0.4, 0.5) is 4.79 Å². The molecule has 0 bridgehead atoms. The standard InChI is InChI=1S/C17H35N5O3/c1-5-22(16(23)25-17(2,3)4)10-8-20-15(18)19-7-6-9-21-11-13-24-14-12-21/h5-14H2,1-4H3,(H3,18,19,20). The van der Waals surface area contributed by atoms with Gasteiger partial charge in [0.05, 0.1) is 13.2 Å². The van der Waals surface area contributed by atoms with Crippen molar-refractivity contribution in [3.63, 3.8) is 0 Å². The van der Waals surface area contributed by atoms with E-state index < -0.39 is 5.60 Å². The van der Waals surface area contributed by atoms with Crippen LogP contribution in [0.1, 0.15) is 34.1 Å². The number of hydrogen-bond acceptors (Lipinski definition) is 5. The lowest BCUT2D eigenvalue weighted by atomic mass is 10.2. The zero-order valence-electron chi connectivity index (χ0n) is 16.2. The number of morpholine rings is 1. The van der Waals surface area contributed by atoms with Gasteiger partial charge in [0.15, 0.2) is 5.96 Å². The van der Waals surface area contributed by atoms with Crippen LogP contribution in [-0.2, 0) is 9.47 Å². The lowest BCUT2D eigenvalue weighted by Crippen LogP contribution is -2.43. The maximum atomic E-state index is 12.0. The number of nitrogens with one attached hydrogen (secondary N) is 1. The van der Waals surface area contributed by atoms with Gasteiger partial charge in [-0.15, -0.1) is 0 Å². The number of nitrogens with zero attached hydrogens (tertiary/aromatic N) is 3. The number of hydrogen-bond donors (Lipinski definition) is 2. The van der Waals surface area contributed by atoms with E-state index in [0.717, 1.165) is 39.3 Å². The molecular weight excluding hydrogens is 322 g/mol. The molecule has 0 aromatic heterocycles. The molecular formula is C17H35N5O3. The Hall–Kier alpha value is -1.54. The number of carbonyl (C=O) groups excluding carboxylic acids is 1. The van der Waals surface area contributed by atoms with Gasteiger partial charge < -0.3 is 25.4 Å². The van der Waals surface area contributed by atoms with Crippen molar-refractivity contribution in [2.24, 2.45) is 10.7 Å². The fourth-order valence-electron chi connectivity index (χ4n) is 2.40. The average molecular weight is 357 g/mol. The molecule has 0 saturated carbocycles. The van der Waals surface area contributed by atoms with Crippen molar-refractivity contribution in [2.45, 2.75) is 39.7 Å². The van der Waals surface area contributed by atoms with Gasteiger partial charge in [-0.25, -0.2) is 4.79 Å². The van der Waals surface area contributed by atoms with Crippen molar-refractivity contribution in [3.05, 3.63) is 0 Å². The zero-order chi connectivity index (χ0) is 18.7. The van der Waals surface area contributed by atoms with Gasteiger partial charge in [0.2, 0.25) is 0 Å². The molecule has 1 rings (SSSR count). The molecule has 0 unspecified atom stereocenters. The third kappa shape index (κ3) is 10.1. The maximum Gasteiger partial charge on any atom is 0.410 e. The van der Waals surface area contributed by atoms with Crippen LogP contribution in [0.15, 0.2) is 4.99 Å². The van der Waals surface area contributed by atoms with Gasteiger partial charge in [-0.05, 0) is 34.1 Å². The van der Waals surface area contributed by atoms with Crippen LogP contribution in [0.2, 0.25) is 0 Å². The van der Waals surface area contributed by atoms with Crippen molar-refractivity contribution in [3.8, 4) is 0 Å². The third-order valence-electron chi connectivity index (χ3n) is 3.74. The van der Waals surface area contributed by atoms with Crippen LogP contribution in [0.3, 0.4) is 0 Å². The molecule has 0 atom stereocenters. The molecule has 0 aliphatic carbocycles. The molecule has 0 aromatic rings. The molecule has 3 N–H and O–H groups in total. The number of rotatable bonds is 8. The highest BCUT2D eigenvalue weighted by atomic mass is 16.6. The summed E-state index contributed by atoms with van der Waals surface area (Å²) in [5.41, 5.74) is 5.38. The number of ether oxygens (including phenoxy) is 2. The summed E-state index contributed by atoms with van der Waals surface area (Å²) >= 11 is 0. The summed E-state index contributed by atoms with van der Waals surface area (Å²) in [4.78, 5) is 20.4. The lowest BCUT2D eigenvalue weighted by Gasteiger charge is -2.26. The fourth-order valence-corrected chi connectivity index (χ4v) is 2.40. The van der Waals surface area contributed by atoms with E-state index in [1.807, 2.05) is 27.7 Å². The van der Waals surface area contributed by atoms with Gasteiger partial charge >= 0.3 is 6.09 Å². The van der Waals surface area contributed by atoms with E-state index in [9.17, 15) is 4.79 Å². The second-order valence-corrected chi connectivity index (χ2v) is 7.06. The van der Waals surface area contributed by atoms with Gasteiger partial charge in [0.1, 0.15) is 5.60 Å². The van der Waals surface area contributed by atoms with Crippen molar-refractivity contribution < 1.29 is 14.3 Å². The summed E-state index contributed by atoms with van der Waals surface area (Å²) in [6, 6.07) is 0. The van der Waals surface area contributed by atoms with Crippen LogP contribution >= 0.6 is 0 Å². The first-order valence-electron chi connectivity index (χ1n) is 9.13. The van der Waals surface area contributed by atoms with E-state index >= 15 is 0 Å². The molecule has 1 amide bonds. The molecule has 25 heavy (non-hydrogen) atoms. The predicted octanol–water partition coefficient (Wildman–Crippen LogP) is 0.870. The predicted molar refractivity (Wildman–Crippen MR) is 99.8 cm³/mol. The molecule has 1 aliphatic rings. The van der Waals surface area contributed by atoms with Crippen molar-refractivity contribution in [2.75, 3.05) is 59.0 Å². The zero-order valence-corrected chi connectivity index (χ0v) is 16.2. The molecule has 1 heterocycles. The van der Waals surface area contributed by atoms with Crippen LogP contribution in [0.25, 0.3) is 0 Å². The van der Waals surface area contributed by atoms with E-state index in [4.69, 9.17) is 15.2 Å². The third-order valence-corrected chi connectivity index (χ3v) is 3.74. The Morgan fingerprint density at radius 2 is 2.04 bits per heavy atom. The quantitative estimate of drug-likeness (QED) is 0.380. The highest BCUT2D eigenvalue weighted by Gasteiger charge is 2.20. The smallest absolute Gasteiger partial charge is 0.410 e. The molecule has 0 aromatic carbocycles. The summed E-state index contributed by atoms with van der Waals surface area (Å²) < 4.78 is 10.7.